The van der Waals surface area contributed by atoms with Crippen LogP contribution in [0.4, 0.5) is 0 Å². The Hall–Kier alpha value is -1.78. The molecule has 0 unspecified atom stereocenters. The summed E-state index contributed by atoms with van der Waals surface area (Å²) in [7, 11) is 0. The number of aromatic nitrogens is 2. The first-order valence-electron chi connectivity index (χ1n) is 8.52. The molecule has 0 spiro atoms. The van der Waals surface area contributed by atoms with E-state index in [9.17, 15) is 0 Å². The number of ether oxygens (including phenoxy) is 1. The number of nitrogens with one attached hydrogen (secondary N) is 1. The van der Waals surface area contributed by atoms with E-state index in [0.29, 0.717) is 5.92 Å². The highest BCUT2D eigenvalue weighted by molar-refractivity contribution is 5.34. The second-order valence-corrected chi connectivity index (χ2v) is 6.63. The van der Waals surface area contributed by atoms with Crippen molar-refractivity contribution in [2.45, 2.75) is 38.2 Å². The molecule has 2 fully saturated rings. The molecule has 1 aromatic heterocycles. The molecule has 0 radical (unpaired) electrons. The van der Waals surface area contributed by atoms with Gasteiger partial charge in [0.05, 0.1) is 12.7 Å². The molecule has 0 amide bonds. The summed E-state index contributed by atoms with van der Waals surface area (Å²) in [5.74, 6) is 1.62. The minimum Gasteiger partial charge on any atom is -0.371 e. The standard InChI is InChI=1S/C19H23N3O/c1-13-8-16(18-12-20-6-7-23-18)5-4-15(13)9-19-21-10-17(11-22-19)14-2-3-14/h4-5,8,10-11,14,18,20H,2-3,6-7,9,12H2,1H3/t18-/m1/s1. The number of aryl methyl sites for hydroxylation is 1. The van der Waals surface area contributed by atoms with Gasteiger partial charge in [-0.3, -0.25) is 0 Å². The average Bonchev–Trinajstić information content (AvgIpc) is 3.43. The van der Waals surface area contributed by atoms with Gasteiger partial charge in [0.2, 0.25) is 0 Å². The third-order valence-corrected chi connectivity index (χ3v) is 4.79. The number of hydrogen-bond donors (Lipinski definition) is 1. The molecule has 1 saturated heterocycles. The fourth-order valence-electron chi connectivity index (χ4n) is 3.15. The van der Waals surface area contributed by atoms with Crippen LogP contribution in [0.15, 0.2) is 30.6 Å². The molecule has 0 bridgehead atoms. The predicted octanol–water partition coefficient (Wildman–Crippen LogP) is 2.91. The van der Waals surface area contributed by atoms with Crippen LogP contribution in [0.25, 0.3) is 0 Å². The predicted molar refractivity (Wildman–Crippen MR) is 89.6 cm³/mol. The highest BCUT2D eigenvalue weighted by Crippen LogP contribution is 2.39. The Bertz CT molecular complexity index is 674. The first-order chi connectivity index (χ1) is 11.3. The van der Waals surface area contributed by atoms with Crippen LogP contribution in [-0.4, -0.2) is 29.7 Å². The normalized spacial score (nSPS) is 21.3. The van der Waals surface area contributed by atoms with Crippen LogP contribution in [0.5, 0.6) is 0 Å². The summed E-state index contributed by atoms with van der Waals surface area (Å²) >= 11 is 0. The van der Waals surface area contributed by atoms with Gasteiger partial charge in [-0.05, 0) is 47.9 Å². The van der Waals surface area contributed by atoms with Crippen molar-refractivity contribution in [1.82, 2.24) is 15.3 Å². The fourth-order valence-corrected chi connectivity index (χ4v) is 3.15. The molecular formula is C19H23N3O. The molecule has 2 aromatic rings. The van der Waals surface area contributed by atoms with Crippen LogP contribution >= 0.6 is 0 Å². The van der Waals surface area contributed by atoms with Gasteiger partial charge >= 0.3 is 0 Å². The quantitative estimate of drug-likeness (QED) is 0.943. The van der Waals surface area contributed by atoms with E-state index in [1.807, 2.05) is 12.4 Å². The van der Waals surface area contributed by atoms with Gasteiger partial charge in [0.15, 0.2) is 0 Å². The van der Waals surface area contributed by atoms with Crippen molar-refractivity contribution in [1.29, 1.82) is 0 Å². The van der Waals surface area contributed by atoms with Gasteiger partial charge in [-0.2, -0.15) is 0 Å². The molecule has 1 saturated carbocycles. The highest BCUT2D eigenvalue weighted by atomic mass is 16.5. The summed E-state index contributed by atoms with van der Waals surface area (Å²) in [4.78, 5) is 9.09. The van der Waals surface area contributed by atoms with Crippen molar-refractivity contribution in [3.63, 3.8) is 0 Å². The Kier molecular flexibility index (Phi) is 4.10. The summed E-state index contributed by atoms with van der Waals surface area (Å²) < 4.78 is 5.83. The highest BCUT2D eigenvalue weighted by Gasteiger charge is 2.24. The molecule has 1 aromatic carbocycles. The number of hydrogen-bond acceptors (Lipinski definition) is 4. The Morgan fingerprint density at radius 2 is 2.00 bits per heavy atom. The lowest BCUT2D eigenvalue weighted by Gasteiger charge is -2.24. The minimum absolute atomic E-state index is 0.172. The molecule has 2 heterocycles. The van der Waals surface area contributed by atoms with Gasteiger partial charge in [0, 0.05) is 31.9 Å². The van der Waals surface area contributed by atoms with Crippen molar-refractivity contribution in [3.8, 4) is 0 Å². The second-order valence-electron chi connectivity index (χ2n) is 6.63. The molecule has 1 N–H and O–H groups in total. The van der Waals surface area contributed by atoms with Crippen LogP contribution in [0.1, 0.15) is 52.9 Å². The first kappa shape index (κ1) is 14.8. The van der Waals surface area contributed by atoms with Gasteiger partial charge in [-0.15, -0.1) is 0 Å². The van der Waals surface area contributed by atoms with Crippen LogP contribution < -0.4 is 5.32 Å². The molecule has 23 heavy (non-hydrogen) atoms. The number of benzene rings is 1. The molecule has 4 heteroatoms. The van der Waals surface area contributed by atoms with E-state index in [4.69, 9.17) is 4.74 Å². The third kappa shape index (κ3) is 3.43. The Balaban J connectivity index is 1.47. The summed E-state index contributed by atoms with van der Waals surface area (Å²) in [6.45, 7) is 4.78. The smallest absolute Gasteiger partial charge is 0.132 e. The Morgan fingerprint density at radius 1 is 1.17 bits per heavy atom. The van der Waals surface area contributed by atoms with E-state index in [2.05, 4.69) is 40.4 Å². The van der Waals surface area contributed by atoms with Crippen LogP contribution in [0.2, 0.25) is 0 Å². The van der Waals surface area contributed by atoms with Gasteiger partial charge in [0.25, 0.3) is 0 Å². The van der Waals surface area contributed by atoms with Gasteiger partial charge < -0.3 is 10.1 Å². The summed E-state index contributed by atoms with van der Waals surface area (Å²) in [5, 5.41) is 3.38. The average molecular weight is 309 g/mol. The molecule has 1 aliphatic carbocycles. The monoisotopic (exact) mass is 309 g/mol. The fraction of sp³-hybridized carbons (Fsp3) is 0.474. The zero-order chi connectivity index (χ0) is 15.6. The van der Waals surface area contributed by atoms with E-state index in [1.54, 1.807) is 0 Å². The van der Waals surface area contributed by atoms with Crippen molar-refractivity contribution >= 4 is 0 Å². The maximum Gasteiger partial charge on any atom is 0.132 e. The van der Waals surface area contributed by atoms with Crippen molar-refractivity contribution < 1.29 is 4.74 Å². The van der Waals surface area contributed by atoms with E-state index >= 15 is 0 Å². The lowest BCUT2D eigenvalue weighted by atomic mass is 9.99. The number of morpholine rings is 1. The minimum atomic E-state index is 0.172. The van der Waals surface area contributed by atoms with Crippen LogP contribution in [0, 0.1) is 6.92 Å². The Labute approximate surface area is 137 Å². The third-order valence-electron chi connectivity index (χ3n) is 4.79. The van der Waals surface area contributed by atoms with Gasteiger partial charge in [-0.1, -0.05) is 18.2 Å². The van der Waals surface area contributed by atoms with Crippen LogP contribution in [-0.2, 0) is 11.2 Å². The maximum absolute atomic E-state index is 5.83. The van der Waals surface area contributed by atoms with Crippen molar-refractivity contribution in [3.05, 3.63) is 58.7 Å². The lowest BCUT2D eigenvalue weighted by molar-refractivity contribution is 0.0276. The van der Waals surface area contributed by atoms with Gasteiger partial charge in [0.1, 0.15) is 5.82 Å². The first-order valence-corrected chi connectivity index (χ1v) is 8.52. The molecule has 4 rings (SSSR count). The number of nitrogens with zero attached hydrogens (tertiary/aromatic N) is 2. The van der Waals surface area contributed by atoms with Crippen molar-refractivity contribution in [2.75, 3.05) is 19.7 Å². The SMILES string of the molecule is Cc1cc([C@H]2CNCCO2)ccc1Cc1ncc(C2CC2)cn1. The van der Waals surface area contributed by atoms with Gasteiger partial charge in [-0.25, -0.2) is 9.97 Å². The molecule has 4 nitrogen and oxygen atoms in total. The zero-order valence-corrected chi connectivity index (χ0v) is 13.6. The maximum atomic E-state index is 5.83. The largest absolute Gasteiger partial charge is 0.371 e. The topological polar surface area (TPSA) is 47.0 Å². The molecular weight excluding hydrogens is 286 g/mol. The van der Waals surface area contributed by atoms with Crippen molar-refractivity contribution in [2.24, 2.45) is 0 Å². The molecule has 2 aliphatic rings. The molecule has 1 aliphatic heterocycles. The Morgan fingerprint density at radius 3 is 2.65 bits per heavy atom. The summed E-state index contributed by atoms with van der Waals surface area (Å²) in [5.41, 5.74) is 5.12. The molecule has 1 atom stereocenters. The number of rotatable bonds is 4. The van der Waals surface area contributed by atoms with E-state index < -0.39 is 0 Å². The van der Waals surface area contributed by atoms with E-state index in [-0.39, 0.29) is 6.10 Å². The summed E-state index contributed by atoms with van der Waals surface area (Å²) in [6.07, 6.45) is 7.56. The second kappa shape index (κ2) is 6.38. The van der Waals surface area contributed by atoms with E-state index in [1.165, 1.54) is 35.1 Å². The summed E-state index contributed by atoms with van der Waals surface area (Å²) in [6, 6.07) is 6.62. The lowest BCUT2D eigenvalue weighted by Crippen LogP contribution is -2.33. The zero-order valence-electron chi connectivity index (χ0n) is 13.6. The molecule has 120 valence electrons. The van der Waals surface area contributed by atoms with E-state index in [0.717, 1.165) is 31.9 Å². The van der Waals surface area contributed by atoms with Crippen LogP contribution in [0.3, 0.4) is 0 Å².